The van der Waals surface area contributed by atoms with Crippen molar-refractivity contribution < 1.29 is 9.90 Å². The average Bonchev–Trinajstić information content (AvgIpc) is 2.85. The number of aryl methyl sites for hydroxylation is 1. The maximum absolute atomic E-state index is 11.7. The molecule has 0 saturated heterocycles. The number of amides is 1. The van der Waals surface area contributed by atoms with Crippen LogP contribution in [0.1, 0.15) is 25.1 Å². The van der Waals surface area contributed by atoms with Crippen molar-refractivity contribution in [3.8, 4) is 5.69 Å². The van der Waals surface area contributed by atoms with Gasteiger partial charge in [-0.05, 0) is 48.4 Å². The molecule has 2 aromatic rings. The van der Waals surface area contributed by atoms with E-state index in [1.54, 1.807) is 11.6 Å². The summed E-state index contributed by atoms with van der Waals surface area (Å²) in [6.45, 7) is 1.92. The van der Waals surface area contributed by atoms with Gasteiger partial charge in [0, 0.05) is 18.7 Å². The molecule has 0 aliphatic rings. The van der Waals surface area contributed by atoms with E-state index < -0.39 is 0 Å². The van der Waals surface area contributed by atoms with E-state index in [1.165, 1.54) is 0 Å². The highest BCUT2D eigenvalue weighted by Crippen LogP contribution is 2.15. The van der Waals surface area contributed by atoms with Crippen LogP contribution in [-0.2, 0) is 4.79 Å². The average molecular weight is 275 g/mol. The molecular weight excluding hydrogens is 258 g/mol. The molecule has 0 saturated carbocycles. The fourth-order valence-corrected chi connectivity index (χ4v) is 1.81. The van der Waals surface area contributed by atoms with Gasteiger partial charge in [-0.3, -0.25) is 4.79 Å². The van der Waals surface area contributed by atoms with Gasteiger partial charge in [-0.2, -0.15) is 4.68 Å². The van der Waals surface area contributed by atoms with Gasteiger partial charge in [0.1, 0.15) is 0 Å². The molecule has 20 heavy (non-hydrogen) atoms. The summed E-state index contributed by atoms with van der Waals surface area (Å²) >= 11 is 0. The van der Waals surface area contributed by atoms with Gasteiger partial charge in [0.2, 0.25) is 5.91 Å². The summed E-state index contributed by atoms with van der Waals surface area (Å²) in [6, 6.07) is 7.32. The molecule has 106 valence electrons. The molecule has 7 heteroatoms. The van der Waals surface area contributed by atoms with Gasteiger partial charge in [0.25, 0.3) is 0 Å². The molecule has 2 N–H and O–H groups in total. The molecule has 1 amide bonds. The summed E-state index contributed by atoms with van der Waals surface area (Å²) in [5.41, 5.74) is 1.49. The number of hydrogen-bond donors (Lipinski definition) is 2. The van der Waals surface area contributed by atoms with Crippen LogP contribution in [-0.4, -0.2) is 37.8 Å². The minimum absolute atomic E-state index is 0.0657. The molecule has 1 heterocycles. The van der Waals surface area contributed by atoms with Gasteiger partial charge >= 0.3 is 0 Å². The first-order chi connectivity index (χ1) is 9.70. The number of anilines is 1. The van der Waals surface area contributed by atoms with Crippen molar-refractivity contribution in [3.05, 3.63) is 30.1 Å². The monoisotopic (exact) mass is 275 g/mol. The van der Waals surface area contributed by atoms with E-state index >= 15 is 0 Å². The predicted molar refractivity (Wildman–Crippen MR) is 73.5 cm³/mol. The van der Waals surface area contributed by atoms with Crippen LogP contribution in [0, 0.1) is 6.92 Å². The number of aromatic nitrogens is 4. The third-order valence-electron chi connectivity index (χ3n) is 2.81. The first-order valence-electron chi connectivity index (χ1n) is 6.47. The first-order valence-corrected chi connectivity index (χ1v) is 6.47. The van der Waals surface area contributed by atoms with Crippen LogP contribution in [0.4, 0.5) is 5.69 Å². The van der Waals surface area contributed by atoms with Gasteiger partial charge in [0.15, 0.2) is 5.82 Å². The van der Waals surface area contributed by atoms with Crippen LogP contribution >= 0.6 is 0 Å². The number of carbonyl (C=O) groups is 1. The van der Waals surface area contributed by atoms with Gasteiger partial charge in [-0.1, -0.05) is 6.07 Å². The summed E-state index contributed by atoms with van der Waals surface area (Å²) < 4.78 is 1.60. The van der Waals surface area contributed by atoms with Crippen LogP contribution in [0.5, 0.6) is 0 Å². The minimum Gasteiger partial charge on any atom is -0.396 e. The molecule has 0 fully saturated rings. The zero-order chi connectivity index (χ0) is 14.4. The standard InChI is InChI=1S/C13H17N5O2/c1-10-15-16-17-18(10)12-6-4-5-11(9-12)14-13(20)7-2-3-8-19/h4-6,9,19H,2-3,7-8H2,1H3,(H,14,20). The number of tetrazole rings is 1. The zero-order valence-corrected chi connectivity index (χ0v) is 11.3. The second-order valence-electron chi connectivity index (χ2n) is 4.42. The minimum atomic E-state index is -0.0657. The Balaban J connectivity index is 2.03. The second kappa shape index (κ2) is 6.76. The van der Waals surface area contributed by atoms with Crippen LogP contribution in [0.15, 0.2) is 24.3 Å². The summed E-state index contributed by atoms with van der Waals surface area (Å²) in [6.07, 6.45) is 1.71. The topological polar surface area (TPSA) is 92.9 Å². The van der Waals surface area contributed by atoms with E-state index in [-0.39, 0.29) is 12.5 Å². The van der Waals surface area contributed by atoms with Crippen LogP contribution < -0.4 is 5.32 Å². The van der Waals surface area contributed by atoms with Crippen molar-refractivity contribution >= 4 is 11.6 Å². The number of carbonyl (C=O) groups excluding carboxylic acids is 1. The van der Waals surface area contributed by atoms with E-state index in [9.17, 15) is 4.79 Å². The molecule has 1 aromatic heterocycles. The molecule has 0 spiro atoms. The normalized spacial score (nSPS) is 10.5. The van der Waals surface area contributed by atoms with E-state index in [1.807, 2.05) is 24.3 Å². The number of nitrogens with one attached hydrogen (secondary N) is 1. The Bertz CT molecular complexity index is 582. The SMILES string of the molecule is Cc1nnnn1-c1cccc(NC(=O)CCCCO)c1. The molecule has 2 rings (SSSR count). The van der Waals surface area contributed by atoms with Crippen molar-refractivity contribution in [2.75, 3.05) is 11.9 Å². The zero-order valence-electron chi connectivity index (χ0n) is 11.3. The third kappa shape index (κ3) is 3.61. The van der Waals surface area contributed by atoms with Crippen LogP contribution in [0.2, 0.25) is 0 Å². The molecule has 0 atom stereocenters. The molecule has 0 bridgehead atoms. The Hall–Kier alpha value is -2.28. The Morgan fingerprint density at radius 2 is 2.25 bits per heavy atom. The Labute approximate surface area is 116 Å². The number of rotatable bonds is 6. The number of aliphatic hydroxyl groups excluding tert-OH is 1. The van der Waals surface area contributed by atoms with Crippen molar-refractivity contribution in [1.82, 2.24) is 20.2 Å². The summed E-state index contributed by atoms with van der Waals surface area (Å²) in [7, 11) is 0. The van der Waals surface area contributed by atoms with Crippen molar-refractivity contribution in [1.29, 1.82) is 0 Å². The number of hydrogen-bond acceptors (Lipinski definition) is 5. The summed E-state index contributed by atoms with van der Waals surface area (Å²) in [5, 5.41) is 22.8. The third-order valence-corrected chi connectivity index (χ3v) is 2.81. The highest BCUT2D eigenvalue weighted by Gasteiger charge is 2.06. The molecule has 0 radical (unpaired) electrons. The smallest absolute Gasteiger partial charge is 0.224 e. The maximum atomic E-state index is 11.7. The van der Waals surface area contributed by atoms with E-state index in [0.717, 1.165) is 5.69 Å². The lowest BCUT2D eigenvalue weighted by molar-refractivity contribution is -0.116. The van der Waals surface area contributed by atoms with Gasteiger partial charge in [-0.15, -0.1) is 5.10 Å². The second-order valence-corrected chi connectivity index (χ2v) is 4.42. The van der Waals surface area contributed by atoms with Gasteiger partial charge in [-0.25, -0.2) is 0 Å². The van der Waals surface area contributed by atoms with Crippen molar-refractivity contribution in [2.24, 2.45) is 0 Å². The lowest BCUT2D eigenvalue weighted by atomic mass is 10.2. The van der Waals surface area contributed by atoms with Crippen LogP contribution in [0.25, 0.3) is 5.69 Å². The number of nitrogens with zero attached hydrogens (tertiary/aromatic N) is 4. The van der Waals surface area contributed by atoms with Gasteiger partial charge in [0.05, 0.1) is 5.69 Å². The van der Waals surface area contributed by atoms with Crippen molar-refractivity contribution in [2.45, 2.75) is 26.2 Å². The maximum Gasteiger partial charge on any atom is 0.224 e. The van der Waals surface area contributed by atoms with E-state index in [2.05, 4.69) is 20.8 Å². The predicted octanol–water partition coefficient (Wildman–Crippen LogP) is 1.07. The molecule has 1 aromatic carbocycles. The summed E-state index contributed by atoms with van der Waals surface area (Å²) in [5.74, 6) is 0.612. The van der Waals surface area contributed by atoms with Crippen LogP contribution in [0.3, 0.4) is 0 Å². The summed E-state index contributed by atoms with van der Waals surface area (Å²) in [4.78, 5) is 11.7. The lowest BCUT2D eigenvalue weighted by Crippen LogP contribution is -2.11. The molecular formula is C13H17N5O2. The quantitative estimate of drug-likeness (QED) is 0.769. The molecule has 7 nitrogen and oxygen atoms in total. The lowest BCUT2D eigenvalue weighted by Gasteiger charge is -2.07. The number of unbranched alkanes of at least 4 members (excludes halogenated alkanes) is 1. The van der Waals surface area contributed by atoms with E-state index in [0.29, 0.717) is 30.8 Å². The fourth-order valence-electron chi connectivity index (χ4n) is 1.81. The largest absolute Gasteiger partial charge is 0.396 e. The van der Waals surface area contributed by atoms with E-state index in [4.69, 9.17) is 5.11 Å². The fraction of sp³-hybridized carbons (Fsp3) is 0.385. The molecule has 0 aliphatic heterocycles. The number of benzene rings is 1. The Morgan fingerprint density at radius 1 is 1.40 bits per heavy atom. The van der Waals surface area contributed by atoms with Crippen molar-refractivity contribution in [3.63, 3.8) is 0 Å². The molecule has 0 aliphatic carbocycles. The number of aliphatic hydroxyl groups is 1. The highest BCUT2D eigenvalue weighted by atomic mass is 16.3. The highest BCUT2D eigenvalue weighted by molar-refractivity contribution is 5.90. The first kappa shape index (κ1) is 14.1. The Morgan fingerprint density at radius 3 is 2.95 bits per heavy atom. The molecule has 0 unspecified atom stereocenters. The van der Waals surface area contributed by atoms with Gasteiger partial charge < -0.3 is 10.4 Å². The Kier molecular flexibility index (Phi) is 4.78.